The molecule has 3 aromatic rings. The van der Waals surface area contributed by atoms with E-state index in [-0.39, 0.29) is 5.91 Å². The molecule has 4 heterocycles. The van der Waals surface area contributed by atoms with Crippen molar-refractivity contribution in [3.8, 4) is 0 Å². The number of amides is 1. The number of carbonyl (C=O) groups is 1. The average molecular weight is 382 g/mol. The van der Waals surface area contributed by atoms with Crippen LogP contribution < -0.4 is 5.32 Å². The lowest BCUT2D eigenvalue weighted by molar-refractivity contribution is 0.0731. The van der Waals surface area contributed by atoms with Gasteiger partial charge in [0, 0.05) is 41.9 Å². The largest absolute Gasteiger partial charge is 0.376 e. The van der Waals surface area contributed by atoms with Crippen LogP contribution in [0.2, 0.25) is 0 Å². The van der Waals surface area contributed by atoms with Gasteiger partial charge in [-0.25, -0.2) is 4.98 Å². The van der Waals surface area contributed by atoms with Crippen molar-refractivity contribution in [1.82, 2.24) is 14.9 Å². The molecule has 0 radical (unpaired) electrons. The monoisotopic (exact) mass is 382 g/mol. The Balaban J connectivity index is 1.28. The Morgan fingerprint density at radius 1 is 1.41 bits per heavy atom. The molecule has 1 aromatic carbocycles. The predicted octanol–water partition coefficient (Wildman–Crippen LogP) is 3.41. The first-order valence-corrected chi connectivity index (χ1v) is 10.3. The van der Waals surface area contributed by atoms with Crippen LogP contribution in [0, 0.1) is 0 Å². The Hall–Kier alpha value is -2.38. The molecule has 7 heteroatoms. The van der Waals surface area contributed by atoms with E-state index in [9.17, 15) is 4.79 Å². The van der Waals surface area contributed by atoms with Gasteiger partial charge in [0.15, 0.2) is 5.13 Å². The highest BCUT2D eigenvalue weighted by Crippen LogP contribution is 2.29. The molecule has 0 bridgehead atoms. The third-order valence-electron chi connectivity index (χ3n) is 5.28. The Bertz CT molecular complexity index is 940. The summed E-state index contributed by atoms with van der Waals surface area (Å²) in [6, 6.07) is 9.92. The maximum absolute atomic E-state index is 12.9. The van der Waals surface area contributed by atoms with Gasteiger partial charge in [0.05, 0.1) is 18.3 Å². The second-order valence-corrected chi connectivity index (χ2v) is 8.24. The first-order chi connectivity index (χ1) is 13.3. The van der Waals surface area contributed by atoms with Gasteiger partial charge in [-0.15, -0.1) is 0 Å². The van der Waals surface area contributed by atoms with Gasteiger partial charge in [-0.2, -0.15) is 0 Å². The van der Waals surface area contributed by atoms with E-state index in [0.29, 0.717) is 24.9 Å². The summed E-state index contributed by atoms with van der Waals surface area (Å²) in [6.45, 7) is 3.01. The van der Waals surface area contributed by atoms with Gasteiger partial charge >= 0.3 is 0 Å². The minimum atomic E-state index is 0.0547. The van der Waals surface area contributed by atoms with E-state index in [1.165, 1.54) is 4.88 Å². The topological polar surface area (TPSA) is 70.2 Å². The second kappa shape index (κ2) is 6.98. The lowest BCUT2D eigenvalue weighted by Gasteiger charge is -2.25. The zero-order valence-corrected chi connectivity index (χ0v) is 15.8. The van der Waals surface area contributed by atoms with Gasteiger partial charge in [0.2, 0.25) is 0 Å². The molecule has 2 N–H and O–H groups in total. The molecule has 1 atom stereocenters. The highest BCUT2D eigenvalue weighted by Gasteiger charge is 2.26. The van der Waals surface area contributed by atoms with Crippen LogP contribution in [0.3, 0.4) is 0 Å². The minimum Gasteiger partial charge on any atom is -0.376 e. The third-order valence-corrected chi connectivity index (χ3v) is 6.32. The predicted molar refractivity (Wildman–Crippen MR) is 106 cm³/mol. The lowest BCUT2D eigenvalue weighted by Crippen LogP contribution is -2.35. The number of nitrogens with one attached hydrogen (secondary N) is 2. The normalized spacial score (nSPS) is 19.4. The number of hydrogen-bond donors (Lipinski definition) is 2. The van der Waals surface area contributed by atoms with Crippen LogP contribution in [-0.4, -0.2) is 46.6 Å². The fourth-order valence-corrected chi connectivity index (χ4v) is 4.84. The van der Waals surface area contributed by atoms with Crippen molar-refractivity contribution in [3.05, 3.63) is 46.6 Å². The van der Waals surface area contributed by atoms with Crippen molar-refractivity contribution < 1.29 is 9.53 Å². The van der Waals surface area contributed by atoms with Gasteiger partial charge in [0.1, 0.15) is 5.69 Å². The van der Waals surface area contributed by atoms with Crippen LogP contribution in [0.25, 0.3) is 10.9 Å². The van der Waals surface area contributed by atoms with E-state index >= 15 is 0 Å². The smallest absolute Gasteiger partial charge is 0.270 e. The van der Waals surface area contributed by atoms with Crippen LogP contribution in [-0.2, 0) is 17.7 Å². The summed E-state index contributed by atoms with van der Waals surface area (Å²) in [6.07, 6.45) is 3.36. The minimum absolute atomic E-state index is 0.0547. The molecule has 0 spiro atoms. The zero-order chi connectivity index (χ0) is 18.2. The molecule has 5 rings (SSSR count). The summed E-state index contributed by atoms with van der Waals surface area (Å²) >= 11 is 1.66. The zero-order valence-electron chi connectivity index (χ0n) is 15.0. The van der Waals surface area contributed by atoms with Crippen LogP contribution in [0.1, 0.15) is 33.9 Å². The molecule has 6 nitrogen and oxygen atoms in total. The number of ether oxygens (including phenoxy) is 1. The van der Waals surface area contributed by atoms with Crippen molar-refractivity contribution in [3.63, 3.8) is 0 Å². The molecule has 1 unspecified atom stereocenters. The van der Waals surface area contributed by atoms with E-state index in [4.69, 9.17) is 9.72 Å². The van der Waals surface area contributed by atoms with E-state index in [1.54, 1.807) is 11.3 Å². The first-order valence-electron chi connectivity index (χ1n) is 9.47. The average Bonchev–Trinajstić information content (AvgIpc) is 3.43. The summed E-state index contributed by atoms with van der Waals surface area (Å²) in [7, 11) is 0. The molecule has 0 saturated carbocycles. The number of fused-ring (bicyclic) bond motifs is 2. The van der Waals surface area contributed by atoms with Crippen molar-refractivity contribution in [2.45, 2.75) is 31.9 Å². The van der Waals surface area contributed by atoms with Crippen molar-refractivity contribution in [1.29, 1.82) is 0 Å². The first kappa shape index (κ1) is 16.8. The fourth-order valence-electron chi connectivity index (χ4n) is 3.81. The maximum Gasteiger partial charge on any atom is 0.270 e. The Morgan fingerprint density at radius 2 is 2.33 bits per heavy atom. The maximum atomic E-state index is 12.9. The molecular formula is C20H22N4O2S. The molecule has 27 heavy (non-hydrogen) atoms. The number of para-hydroxylation sites is 1. The summed E-state index contributed by atoms with van der Waals surface area (Å²) < 4.78 is 5.66. The molecular weight excluding hydrogens is 360 g/mol. The van der Waals surface area contributed by atoms with E-state index in [2.05, 4.69) is 10.3 Å². The molecule has 2 aliphatic rings. The lowest BCUT2D eigenvalue weighted by atomic mass is 10.1. The second-order valence-electron chi connectivity index (χ2n) is 7.15. The van der Waals surface area contributed by atoms with Crippen molar-refractivity contribution >= 4 is 33.3 Å². The van der Waals surface area contributed by atoms with Gasteiger partial charge < -0.3 is 19.9 Å². The number of benzene rings is 1. The molecule has 140 valence electrons. The van der Waals surface area contributed by atoms with Gasteiger partial charge in [0.25, 0.3) is 5.91 Å². The number of aromatic amines is 1. The van der Waals surface area contributed by atoms with E-state index in [0.717, 1.165) is 54.1 Å². The van der Waals surface area contributed by atoms with E-state index in [1.807, 2.05) is 35.2 Å². The Kier molecular flexibility index (Phi) is 4.33. The quantitative estimate of drug-likeness (QED) is 0.725. The summed E-state index contributed by atoms with van der Waals surface area (Å²) in [5.74, 6) is 0.0547. The van der Waals surface area contributed by atoms with Crippen LogP contribution in [0.4, 0.5) is 5.13 Å². The number of carbonyl (C=O) groups excluding carboxylic acids is 1. The molecule has 0 aliphatic carbocycles. The summed E-state index contributed by atoms with van der Waals surface area (Å²) in [5.41, 5.74) is 2.77. The molecule has 2 aromatic heterocycles. The van der Waals surface area contributed by atoms with Gasteiger partial charge in [-0.3, -0.25) is 4.79 Å². The highest BCUT2D eigenvalue weighted by molar-refractivity contribution is 7.15. The number of hydrogen-bond acceptors (Lipinski definition) is 5. The van der Waals surface area contributed by atoms with Crippen molar-refractivity contribution in [2.75, 3.05) is 25.0 Å². The number of thiazole rings is 1. The highest BCUT2D eigenvalue weighted by atomic mass is 32.1. The standard InChI is InChI=1S/C20H22N4O2S/c25-19(17-10-13-4-1-2-6-15(13)22-17)24-8-7-16-18(12-24)27-20(23-16)21-11-14-5-3-9-26-14/h1-2,4,6,10,14,22H,3,5,7-9,11-12H2,(H,21,23). The molecule has 2 aliphatic heterocycles. The van der Waals surface area contributed by atoms with Gasteiger partial charge in [-0.05, 0) is 25.0 Å². The SMILES string of the molecule is O=C(c1cc2ccccc2[nH]1)N1CCc2nc(NCC3CCCO3)sc2C1. The number of nitrogens with zero attached hydrogens (tertiary/aromatic N) is 2. The third kappa shape index (κ3) is 3.33. The fraction of sp³-hybridized carbons (Fsp3) is 0.400. The van der Waals surface area contributed by atoms with Crippen LogP contribution in [0.5, 0.6) is 0 Å². The number of anilines is 1. The summed E-state index contributed by atoms with van der Waals surface area (Å²) in [4.78, 5) is 24.0. The van der Waals surface area contributed by atoms with Crippen molar-refractivity contribution in [2.24, 2.45) is 0 Å². The molecule has 1 amide bonds. The molecule has 1 fully saturated rings. The van der Waals surface area contributed by atoms with Crippen LogP contribution in [0.15, 0.2) is 30.3 Å². The Labute approximate surface area is 161 Å². The number of aromatic nitrogens is 2. The van der Waals surface area contributed by atoms with E-state index < -0.39 is 0 Å². The van der Waals surface area contributed by atoms with Gasteiger partial charge in [-0.1, -0.05) is 29.5 Å². The number of rotatable bonds is 4. The Morgan fingerprint density at radius 3 is 3.19 bits per heavy atom. The number of H-pyrrole nitrogens is 1. The molecule has 1 saturated heterocycles. The van der Waals surface area contributed by atoms with Crippen LogP contribution >= 0.6 is 11.3 Å². The summed E-state index contributed by atoms with van der Waals surface area (Å²) in [5, 5.41) is 5.42.